The van der Waals surface area contributed by atoms with E-state index < -0.39 is 10.0 Å². The highest BCUT2D eigenvalue weighted by Gasteiger charge is 2.16. The Labute approximate surface area is 167 Å². The number of carbonyl (C=O) groups excluding carboxylic acids is 1. The molecular weight excluding hydrogens is 402 g/mol. The number of nitrogens with zero attached hydrogens (tertiary/aromatic N) is 1. The van der Waals surface area contributed by atoms with Gasteiger partial charge in [0.15, 0.2) is 5.82 Å². The summed E-state index contributed by atoms with van der Waals surface area (Å²) in [6.45, 7) is 1.66. The molecule has 0 unspecified atom stereocenters. The van der Waals surface area contributed by atoms with Crippen LogP contribution in [0.3, 0.4) is 0 Å². The van der Waals surface area contributed by atoms with Crippen molar-refractivity contribution < 1.29 is 17.7 Å². The van der Waals surface area contributed by atoms with E-state index in [2.05, 4.69) is 15.2 Å². The second kappa shape index (κ2) is 8.45. The Morgan fingerprint density at radius 3 is 2.50 bits per heavy atom. The van der Waals surface area contributed by atoms with E-state index in [4.69, 9.17) is 16.1 Å². The molecule has 0 aliphatic carbocycles. The Hall–Kier alpha value is -2.84. The van der Waals surface area contributed by atoms with Crippen molar-refractivity contribution >= 4 is 39.0 Å². The molecule has 0 saturated carbocycles. The number of rotatable bonds is 7. The van der Waals surface area contributed by atoms with Crippen LogP contribution in [0.25, 0.3) is 0 Å². The maximum Gasteiger partial charge on any atom is 0.263 e. The van der Waals surface area contributed by atoms with Crippen molar-refractivity contribution in [3.8, 4) is 0 Å². The van der Waals surface area contributed by atoms with Crippen LogP contribution in [0.2, 0.25) is 5.02 Å². The second-order valence-electron chi connectivity index (χ2n) is 6.09. The van der Waals surface area contributed by atoms with Gasteiger partial charge in [0.2, 0.25) is 5.91 Å². The lowest BCUT2D eigenvalue weighted by Gasteiger charge is -2.08. The van der Waals surface area contributed by atoms with Gasteiger partial charge in [-0.3, -0.25) is 9.52 Å². The van der Waals surface area contributed by atoms with E-state index >= 15 is 0 Å². The lowest BCUT2D eigenvalue weighted by Crippen LogP contribution is -2.14. The van der Waals surface area contributed by atoms with Gasteiger partial charge in [-0.2, -0.15) is 0 Å². The Morgan fingerprint density at radius 2 is 1.86 bits per heavy atom. The number of aromatic nitrogens is 1. The molecule has 1 aromatic heterocycles. The molecule has 0 bridgehead atoms. The van der Waals surface area contributed by atoms with Gasteiger partial charge in [-0.05, 0) is 49.2 Å². The molecule has 0 aliphatic rings. The summed E-state index contributed by atoms with van der Waals surface area (Å²) in [7, 11) is -3.80. The summed E-state index contributed by atoms with van der Waals surface area (Å²) in [5, 5.41) is 6.97. The fraction of sp³-hybridized carbons (Fsp3) is 0.158. The summed E-state index contributed by atoms with van der Waals surface area (Å²) in [6.07, 6.45) is 0.774. The Balaban J connectivity index is 1.59. The number of anilines is 2. The minimum absolute atomic E-state index is 0.0437. The van der Waals surface area contributed by atoms with Crippen LogP contribution in [0.5, 0.6) is 0 Å². The number of amides is 1. The van der Waals surface area contributed by atoms with Gasteiger partial charge in [0.05, 0.1) is 4.90 Å². The van der Waals surface area contributed by atoms with Gasteiger partial charge in [-0.25, -0.2) is 8.42 Å². The quantitative estimate of drug-likeness (QED) is 0.602. The monoisotopic (exact) mass is 419 g/mol. The van der Waals surface area contributed by atoms with Crippen LogP contribution in [-0.2, 0) is 21.2 Å². The smallest absolute Gasteiger partial charge is 0.263 e. The molecule has 0 radical (unpaired) electrons. The van der Waals surface area contributed by atoms with E-state index in [0.29, 0.717) is 22.9 Å². The van der Waals surface area contributed by atoms with Crippen molar-refractivity contribution in [1.29, 1.82) is 0 Å². The molecule has 0 fully saturated rings. The number of carbonyl (C=O) groups is 1. The lowest BCUT2D eigenvalue weighted by molar-refractivity contribution is -0.116. The van der Waals surface area contributed by atoms with Crippen LogP contribution in [-0.4, -0.2) is 19.5 Å². The predicted octanol–water partition coefficient (Wildman–Crippen LogP) is 4.01. The molecule has 1 heterocycles. The van der Waals surface area contributed by atoms with Crippen LogP contribution in [0.1, 0.15) is 17.7 Å². The van der Waals surface area contributed by atoms with E-state index in [1.165, 1.54) is 30.3 Å². The van der Waals surface area contributed by atoms with Gasteiger partial charge in [-0.15, -0.1) is 0 Å². The number of hydrogen-bond acceptors (Lipinski definition) is 5. The molecule has 3 aromatic rings. The minimum Gasteiger partial charge on any atom is -0.360 e. The molecule has 0 saturated heterocycles. The average Bonchev–Trinajstić information content (AvgIpc) is 3.05. The molecule has 2 N–H and O–H groups in total. The van der Waals surface area contributed by atoms with Gasteiger partial charge < -0.3 is 9.84 Å². The molecule has 28 heavy (non-hydrogen) atoms. The van der Waals surface area contributed by atoms with Crippen LogP contribution < -0.4 is 10.0 Å². The van der Waals surface area contributed by atoms with E-state index in [1.807, 2.05) is 18.2 Å². The molecule has 1 amide bonds. The average molecular weight is 420 g/mol. The summed E-state index contributed by atoms with van der Waals surface area (Å²) in [4.78, 5) is 12.2. The van der Waals surface area contributed by atoms with Gasteiger partial charge >= 0.3 is 0 Å². The number of hydrogen-bond donors (Lipinski definition) is 2. The van der Waals surface area contributed by atoms with Crippen molar-refractivity contribution in [2.45, 2.75) is 24.7 Å². The first-order valence-corrected chi connectivity index (χ1v) is 10.3. The van der Waals surface area contributed by atoms with Crippen molar-refractivity contribution in [3.63, 3.8) is 0 Å². The molecular formula is C19H18ClN3O4S. The van der Waals surface area contributed by atoms with Crippen molar-refractivity contribution in [2.75, 3.05) is 10.0 Å². The number of sulfonamides is 1. The van der Waals surface area contributed by atoms with Crippen LogP contribution in [0, 0.1) is 6.92 Å². The third-order valence-electron chi connectivity index (χ3n) is 3.89. The second-order valence-corrected chi connectivity index (χ2v) is 8.18. The van der Waals surface area contributed by atoms with E-state index in [-0.39, 0.29) is 23.0 Å². The minimum atomic E-state index is -3.80. The SMILES string of the molecule is Cc1cc(NS(=O)(=O)c2ccc(NC(=O)CCc3ccccc3Cl)cc2)no1. The first kappa shape index (κ1) is 19.9. The third-order valence-corrected chi connectivity index (χ3v) is 5.63. The zero-order valence-electron chi connectivity index (χ0n) is 15.0. The van der Waals surface area contributed by atoms with Gasteiger partial charge in [-0.1, -0.05) is 35.0 Å². The Bertz CT molecular complexity index is 1080. The normalized spacial score (nSPS) is 11.2. The summed E-state index contributed by atoms with van der Waals surface area (Å²) < 4.78 is 31.9. The molecule has 7 nitrogen and oxygen atoms in total. The zero-order chi connectivity index (χ0) is 20.1. The molecule has 9 heteroatoms. The van der Waals surface area contributed by atoms with Gasteiger partial charge in [0.1, 0.15) is 5.76 Å². The van der Waals surface area contributed by atoms with Crippen LogP contribution >= 0.6 is 11.6 Å². The molecule has 0 spiro atoms. The summed E-state index contributed by atoms with van der Waals surface area (Å²) in [6, 6.07) is 14.7. The molecule has 3 rings (SSSR count). The fourth-order valence-electron chi connectivity index (χ4n) is 2.50. The number of nitrogens with one attached hydrogen (secondary N) is 2. The Kier molecular flexibility index (Phi) is 6.01. The van der Waals surface area contributed by atoms with Gasteiger partial charge in [0.25, 0.3) is 10.0 Å². The topological polar surface area (TPSA) is 101 Å². The van der Waals surface area contributed by atoms with Crippen LogP contribution in [0.15, 0.2) is 64.0 Å². The number of halogens is 1. The predicted molar refractivity (Wildman–Crippen MR) is 107 cm³/mol. The zero-order valence-corrected chi connectivity index (χ0v) is 16.5. The standard InChI is InChI=1S/C19H18ClN3O4S/c1-13-12-18(22-27-13)23-28(25,26)16-9-7-15(8-10-16)21-19(24)11-6-14-4-2-3-5-17(14)20/h2-5,7-10,12H,6,11H2,1H3,(H,21,24)(H,22,23). The van der Waals surface area contributed by atoms with Crippen molar-refractivity contribution in [3.05, 3.63) is 70.9 Å². The fourth-order valence-corrected chi connectivity index (χ4v) is 3.72. The third kappa shape index (κ3) is 5.11. The maximum absolute atomic E-state index is 12.3. The lowest BCUT2D eigenvalue weighted by atomic mass is 10.1. The summed E-state index contributed by atoms with van der Waals surface area (Å²) >= 11 is 6.08. The largest absolute Gasteiger partial charge is 0.360 e. The summed E-state index contributed by atoms with van der Waals surface area (Å²) in [5.41, 5.74) is 1.40. The van der Waals surface area contributed by atoms with Crippen molar-refractivity contribution in [1.82, 2.24) is 5.16 Å². The van der Waals surface area contributed by atoms with E-state index in [1.54, 1.807) is 13.0 Å². The van der Waals surface area contributed by atoms with Crippen molar-refractivity contribution in [2.24, 2.45) is 0 Å². The molecule has 0 atom stereocenters. The van der Waals surface area contributed by atoms with E-state index in [9.17, 15) is 13.2 Å². The van der Waals surface area contributed by atoms with Gasteiger partial charge in [0, 0.05) is 23.2 Å². The highest BCUT2D eigenvalue weighted by molar-refractivity contribution is 7.92. The maximum atomic E-state index is 12.3. The molecule has 0 aliphatic heterocycles. The first-order chi connectivity index (χ1) is 13.3. The van der Waals surface area contributed by atoms with E-state index in [0.717, 1.165) is 5.56 Å². The molecule has 2 aromatic carbocycles. The first-order valence-electron chi connectivity index (χ1n) is 8.43. The highest BCUT2D eigenvalue weighted by Crippen LogP contribution is 2.19. The highest BCUT2D eigenvalue weighted by atomic mass is 35.5. The van der Waals surface area contributed by atoms with Crippen LogP contribution in [0.4, 0.5) is 11.5 Å². The Morgan fingerprint density at radius 1 is 1.14 bits per heavy atom. The number of aryl methyl sites for hydroxylation is 2. The summed E-state index contributed by atoms with van der Waals surface area (Å²) in [5.74, 6) is 0.411. The molecule has 146 valence electrons. The number of benzene rings is 2.